The summed E-state index contributed by atoms with van der Waals surface area (Å²) in [5.41, 5.74) is 4.46. The first-order valence-electron chi connectivity index (χ1n) is 4.09. The van der Waals surface area contributed by atoms with Gasteiger partial charge in [-0.25, -0.2) is 9.18 Å². The zero-order valence-corrected chi connectivity index (χ0v) is 8.12. The van der Waals surface area contributed by atoms with E-state index in [4.69, 9.17) is 5.11 Å². The Morgan fingerprint density at radius 1 is 1.29 bits per heavy atom. The van der Waals surface area contributed by atoms with Crippen molar-refractivity contribution in [3.63, 3.8) is 0 Å². The van der Waals surface area contributed by atoms with Crippen molar-refractivity contribution >= 4 is 17.8 Å². The van der Waals surface area contributed by atoms with Crippen LogP contribution in [0.15, 0.2) is 0 Å². The molecule has 0 radical (unpaired) electrons. The van der Waals surface area contributed by atoms with E-state index in [0.717, 1.165) is 5.32 Å². The summed E-state index contributed by atoms with van der Waals surface area (Å²) >= 11 is 0. The van der Waals surface area contributed by atoms with Gasteiger partial charge in [0.25, 0.3) is 5.91 Å². The Hall–Kier alpha value is -1.87. The second kappa shape index (κ2) is 5.46. The third kappa shape index (κ3) is 5.13. The maximum absolute atomic E-state index is 12.7. The number of aliphatic carboxylic acids is 1. The van der Waals surface area contributed by atoms with E-state index in [1.54, 1.807) is 0 Å². The number of hydrogen-bond acceptors (Lipinski definition) is 3. The smallest absolute Gasteiger partial charge is 0.471 e. The molecule has 0 aromatic carbocycles. The van der Waals surface area contributed by atoms with E-state index in [0.29, 0.717) is 0 Å². The largest absolute Gasteiger partial charge is 0.480 e. The van der Waals surface area contributed by atoms with Crippen LogP contribution in [-0.2, 0) is 14.4 Å². The first-order chi connectivity index (χ1) is 7.55. The third-order valence-electron chi connectivity index (χ3n) is 1.61. The van der Waals surface area contributed by atoms with Crippen LogP contribution in [0.25, 0.3) is 0 Å². The molecule has 0 saturated heterocycles. The second-order valence-corrected chi connectivity index (χ2v) is 2.97. The normalized spacial score (nSPS) is 14.8. The van der Waals surface area contributed by atoms with E-state index in [2.05, 4.69) is 5.73 Å². The number of hydrogen-bond donors (Lipinski definition) is 3. The molecule has 0 heterocycles. The van der Waals surface area contributed by atoms with E-state index in [1.165, 1.54) is 0 Å². The van der Waals surface area contributed by atoms with Crippen LogP contribution >= 0.6 is 0 Å². The molecule has 0 aliphatic heterocycles. The molecule has 0 unspecified atom stereocenters. The van der Waals surface area contributed by atoms with Crippen LogP contribution in [0.3, 0.4) is 0 Å². The van der Waals surface area contributed by atoms with Crippen LogP contribution in [0.1, 0.15) is 6.42 Å². The maximum atomic E-state index is 12.7. The molecule has 0 bridgehead atoms. The highest BCUT2D eigenvalue weighted by Crippen LogP contribution is 2.15. The van der Waals surface area contributed by atoms with Crippen molar-refractivity contribution in [2.75, 3.05) is 0 Å². The van der Waals surface area contributed by atoms with Crippen molar-refractivity contribution in [3.8, 4) is 0 Å². The van der Waals surface area contributed by atoms with Gasteiger partial charge in [-0.15, -0.1) is 0 Å². The minimum absolute atomic E-state index is 1.03. The number of alkyl halides is 4. The summed E-state index contributed by atoms with van der Waals surface area (Å²) in [6.07, 6.45) is -8.94. The molecule has 6 nitrogen and oxygen atoms in total. The van der Waals surface area contributed by atoms with Crippen LogP contribution in [0.5, 0.6) is 0 Å². The number of carboxylic acid groups (broad SMARTS) is 1. The van der Waals surface area contributed by atoms with Crippen LogP contribution in [0, 0.1) is 0 Å². The lowest BCUT2D eigenvalue weighted by molar-refractivity contribution is -0.175. The summed E-state index contributed by atoms with van der Waals surface area (Å²) in [5, 5.41) is 9.45. The average Bonchev–Trinajstić information content (AvgIpc) is 2.14. The summed E-state index contributed by atoms with van der Waals surface area (Å²) in [6, 6.07) is -2.19. The maximum Gasteiger partial charge on any atom is 0.471 e. The molecule has 0 saturated carbocycles. The first-order valence-corrected chi connectivity index (χ1v) is 4.09. The average molecular weight is 260 g/mol. The Labute approximate surface area is 91.8 Å². The van der Waals surface area contributed by atoms with Gasteiger partial charge in [0.1, 0.15) is 6.04 Å². The van der Waals surface area contributed by atoms with Crippen molar-refractivity contribution < 1.29 is 37.1 Å². The van der Waals surface area contributed by atoms with Gasteiger partial charge in [-0.2, -0.15) is 13.2 Å². The number of carbonyl (C=O) groups is 3. The van der Waals surface area contributed by atoms with Gasteiger partial charge in [0, 0.05) is 6.42 Å². The van der Waals surface area contributed by atoms with Crippen LogP contribution in [0.2, 0.25) is 0 Å². The fourth-order valence-electron chi connectivity index (χ4n) is 0.785. The van der Waals surface area contributed by atoms with Gasteiger partial charge >= 0.3 is 18.1 Å². The summed E-state index contributed by atoms with van der Waals surface area (Å²) in [5.74, 6) is -5.98. The Kier molecular flexibility index (Phi) is 4.86. The molecule has 17 heavy (non-hydrogen) atoms. The molecule has 2 amide bonds. The van der Waals surface area contributed by atoms with Crippen molar-refractivity contribution in [3.05, 3.63) is 0 Å². The number of carbonyl (C=O) groups excluding carboxylic acids is 2. The quantitative estimate of drug-likeness (QED) is 0.569. The molecule has 0 rings (SSSR count). The van der Waals surface area contributed by atoms with Gasteiger partial charge in [-0.3, -0.25) is 9.59 Å². The second-order valence-electron chi connectivity index (χ2n) is 2.97. The number of halogens is 4. The summed E-state index contributed by atoms with van der Waals surface area (Å²) in [7, 11) is 0. The van der Waals surface area contributed by atoms with Crippen LogP contribution in [-0.4, -0.2) is 41.3 Å². The molecule has 0 aliphatic carbocycles. The highest BCUT2D eigenvalue weighted by Gasteiger charge is 2.41. The molecule has 2 atom stereocenters. The fraction of sp³-hybridized carbons (Fsp3) is 0.571. The molecule has 4 N–H and O–H groups in total. The minimum Gasteiger partial charge on any atom is -0.480 e. The van der Waals surface area contributed by atoms with Gasteiger partial charge in [0.15, 0.2) is 6.17 Å². The van der Waals surface area contributed by atoms with E-state index in [9.17, 15) is 31.9 Å². The van der Waals surface area contributed by atoms with Crippen molar-refractivity contribution in [1.82, 2.24) is 5.32 Å². The lowest BCUT2D eigenvalue weighted by Gasteiger charge is -2.16. The molecule has 0 spiro atoms. The summed E-state index contributed by atoms with van der Waals surface area (Å²) in [6.45, 7) is 0. The number of carboxylic acids is 1. The van der Waals surface area contributed by atoms with Gasteiger partial charge < -0.3 is 16.2 Å². The molecule has 10 heteroatoms. The minimum atomic E-state index is -5.30. The van der Waals surface area contributed by atoms with E-state index >= 15 is 0 Å². The van der Waals surface area contributed by atoms with Gasteiger partial charge in [-0.05, 0) is 0 Å². The Balaban J connectivity index is 4.62. The number of primary amides is 1. The van der Waals surface area contributed by atoms with Crippen molar-refractivity contribution in [2.24, 2.45) is 5.73 Å². The van der Waals surface area contributed by atoms with E-state index in [-0.39, 0.29) is 0 Å². The number of nitrogens with one attached hydrogen (secondary N) is 1. The highest BCUT2D eigenvalue weighted by atomic mass is 19.4. The van der Waals surface area contributed by atoms with Gasteiger partial charge in [0.2, 0.25) is 0 Å². The number of amides is 2. The zero-order valence-electron chi connectivity index (χ0n) is 8.12. The van der Waals surface area contributed by atoms with Crippen molar-refractivity contribution in [2.45, 2.75) is 24.8 Å². The predicted molar refractivity (Wildman–Crippen MR) is 44.3 cm³/mol. The SMILES string of the molecule is NC(=O)[C@@H](F)C[C@H](NC(=O)C(F)(F)F)C(=O)O. The Bertz CT molecular complexity index is 330. The number of rotatable bonds is 5. The predicted octanol–water partition coefficient (Wildman–Crippen LogP) is -0.668. The standard InChI is InChI=1S/C7H8F4N2O4/c8-2(4(12)14)1-3(5(15)16)13-6(17)7(9,10)11/h2-3H,1H2,(H2,12,14)(H,13,17)(H,15,16)/t2-,3-/m0/s1. The summed E-state index contributed by atoms with van der Waals surface area (Å²) in [4.78, 5) is 31.1. The highest BCUT2D eigenvalue weighted by molar-refractivity contribution is 5.87. The van der Waals surface area contributed by atoms with E-state index in [1.807, 2.05) is 0 Å². The number of nitrogens with two attached hydrogens (primary N) is 1. The van der Waals surface area contributed by atoms with Gasteiger partial charge in [-0.1, -0.05) is 0 Å². The third-order valence-corrected chi connectivity index (χ3v) is 1.61. The van der Waals surface area contributed by atoms with Gasteiger partial charge in [0.05, 0.1) is 0 Å². The van der Waals surface area contributed by atoms with E-state index < -0.39 is 42.6 Å². The van der Waals surface area contributed by atoms with Crippen LogP contribution < -0.4 is 11.1 Å². The molecule has 0 aromatic rings. The molecule has 0 aromatic heterocycles. The molecule has 0 aliphatic rings. The Morgan fingerprint density at radius 3 is 2.06 bits per heavy atom. The van der Waals surface area contributed by atoms with Crippen molar-refractivity contribution in [1.29, 1.82) is 0 Å². The zero-order chi connectivity index (χ0) is 13.8. The fourth-order valence-corrected chi connectivity index (χ4v) is 0.785. The Morgan fingerprint density at radius 2 is 1.76 bits per heavy atom. The lowest BCUT2D eigenvalue weighted by atomic mass is 10.1. The molecule has 98 valence electrons. The lowest BCUT2D eigenvalue weighted by Crippen LogP contribution is -2.48. The molecular formula is C7H8F4N2O4. The summed E-state index contributed by atoms with van der Waals surface area (Å²) < 4.78 is 48.0. The molecular weight excluding hydrogens is 252 g/mol. The topological polar surface area (TPSA) is 109 Å². The van der Waals surface area contributed by atoms with Crippen LogP contribution in [0.4, 0.5) is 17.6 Å². The monoisotopic (exact) mass is 260 g/mol. The first kappa shape index (κ1) is 15.1. The molecule has 0 fully saturated rings.